The van der Waals surface area contributed by atoms with Crippen LogP contribution in [0.2, 0.25) is 0 Å². The van der Waals surface area contributed by atoms with Crippen LogP contribution in [0.1, 0.15) is 33.6 Å². The molecule has 2 atom stereocenters. The molecule has 34 heavy (non-hydrogen) atoms. The maximum atomic E-state index is 13.3. The molecule has 10 heteroatoms. The smallest absolute Gasteiger partial charge is 0.255 e. The highest BCUT2D eigenvalue weighted by atomic mass is 16.5. The molecule has 2 saturated heterocycles. The molecule has 0 bridgehead atoms. The van der Waals surface area contributed by atoms with Crippen LogP contribution in [0.25, 0.3) is 0 Å². The zero-order valence-electron chi connectivity index (χ0n) is 18.9. The first-order valence-electron chi connectivity index (χ1n) is 11.2. The van der Waals surface area contributed by atoms with E-state index >= 15 is 0 Å². The lowest BCUT2D eigenvalue weighted by atomic mass is 10.0. The Bertz CT molecular complexity index is 1060. The van der Waals surface area contributed by atoms with E-state index in [1.807, 2.05) is 0 Å². The Morgan fingerprint density at radius 1 is 1.09 bits per heavy atom. The van der Waals surface area contributed by atoms with E-state index in [1.54, 1.807) is 47.5 Å². The van der Waals surface area contributed by atoms with Crippen molar-refractivity contribution in [1.82, 2.24) is 25.4 Å². The van der Waals surface area contributed by atoms with Crippen molar-refractivity contribution in [2.75, 3.05) is 33.3 Å². The van der Waals surface area contributed by atoms with Gasteiger partial charge < -0.3 is 25.2 Å². The van der Waals surface area contributed by atoms with Gasteiger partial charge in [0, 0.05) is 37.6 Å². The number of nitrogens with zero attached hydrogens (tertiary/aromatic N) is 3. The molecular formula is C24H27N5O5. The summed E-state index contributed by atoms with van der Waals surface area (Å²) in [5.41, 5.74) is 0.810. The molecule has 178 valence electrons. The number of hydrogen-bond donors (Lipinski definition) is 2. The summed E-state index contributed by atoms with van der Waals surface area (Å²) in [4.78, 5) is 58.8. The zero-order chi connectivity index (χ0) is 24.1. The molecule has 2 aliphatic heterocycles. The molecule has 2 aliphatic rings. The van der Waals surface area contributed by atoms with E-state index in [9.17, 15) is 19.2 Å². The second-order valence-electron chi connectivity index (χ2n) is 8.23. The highest BCUT2D eigenvalue weighted by Gasteiger charge is 2.39. The fraction of sp³-hybridized carbons (Fsp3) is 0.375. The molecular weight excluding hydrogens is 438 g/mol. The first-order chi connectivity index (χ1) is 16.5. The third kappa shape index (κ3) is 5.00. The first-order valence-corrected chi connectivity index (χ1v) is 11.2. The summed E-state index contributed by atoms with van der Waals surface area (Å²) in [5, 5.41) is 5.52. The summed E-state index contributed by atoms with van der Waals surface area (Å²) in [6.07, 6.45) is 4.32. The van der Waals surface area contributed by atoms with E-state index in [-0.39, 0.29) is 37.4 Å². The van der Waals surface area contributed by atoms with E-state index in [2.05, 4.69) is 15.6 Å². The highest BCUT2D eigenvalue weighted by Crippen LogP contribution is 2.19. The van der Waals surface area contributed by atoms with Crippen molar-refractivity contribution in [3.05, 3.63) is 59.9 Å². The minimum atomic E-state index is -0.946. The van der Waals surface area contributed by atoms with Crippen LogP contribution in [0.5, 0.6) is 5.75 Å². The van der Waals surface area contributed by atoms with Gasteiger partial charge in [0.25, 0.3) is 11.8 Å². The molecule has 10 nitrogen and oxygen atoms in total. The van der Waals surface area contributed by atoms with Gasteiger partial charge in [-0.25, -0.2) is 0 Å². The van der Waals surface area contributed by atoms with Gasteiger partial charge in [0.15, 0.2) is 0 Å². The summed E-state index contributed by atoms with van der Waals surface area (Å²) in [6, 6.07) is 8.35. The van der Waals surface area contributed by atoms with Crippen molar-refractivity contribution < 1.29 is 23.9 Å². The molecule has 1 aromatic carbocycles. The monoisotopic (exact) mass is 465 g/mol. The predicted octanol–water partition coefficient (Wildman–Crippen LogP) is 0.452. The van der Waals surface area contributed by atoms with Crippen LogP contribution in [-0.4, -0.2) is 83.8 Å². The number of carbonyl (C=O) groups is 4. The minimum Gasteiger partial charge on any atom is -0.497 e. The van der Waals surface area contributed by atoms with Crippen LogP contribution in [0.3, 0.4) is 0 Å². The van der Waals surface area contributed by atoms with Crippen molar-refractivity contribution in [3.63, 3.8) is 0 Å². The van der Waals surface area contributed by atoms with Crippen LogP contribution >= 0.6 is 0 Å². The van der Waals surface area contributed by atoms with Gasteiger partial charge in [-0.1, -0.05) is 0 Å². The molecule has 2 unspecified atom stereocenters. The Kier molecular flexibility index (Phi) is 7.05. The van der Waals surface area contributed by atoms with Crippen molar-refractivity contribution in [2.45, 2.75) is 24.9 Å². The van der Waals surface area contributed by atoms with E-state index in [0.29, 0.717) is 29.8 Å². The predicted molar refractivity (Wildman–Crippen MR) is 122 cm³/mol. The van der Waals surface area contributed by atoms with E-state index in [4.69, 9.17) is 4.74 Å². The van der Waals surface area contributed by atoms with Crippen LogP contribution in [0, 0.1) is 0 Å². The van der Waals surface area contributed by atoms with Gasteiger partial charge in [0.2, 0.25) is 11.8 Å². The molecule has 0 saturated carbocycles. The Morgan fingerprint density at radius 2 is 1.88 bits per heavy atom. The number of benzene rings is 1. The van der Waals surface area contributed by atoms with Crippen LogP contribution < -0.4 is 15.4 Å². The number of amides is 4. The molecule has 0 radical (unpaired) electrons. The number of ether oxygens (including phenoxy) is 1. The molecule has 0 spiro atoms. The maximum absolute atomic E-state index is 13.3. The number of aromatic nitrogens is 1. The van der Waals surface area contributed by atoms with Gasteiger partial charge in [-0.3, -0.25) is 24.2 Å². The van der Waals surface area contributed by atoms with E-state index in [1.165, 1.54) is 18.2 Å². The summed E-state index contributed by atoms with van der Waals surface area (Å²) >= 11 is 0. The molecule has 2 fully saturated rings. The van der Waals surface area contributed by atoms with Crippen LogP contribution in [0.15, 0.2) is 48.8 Å². The minimum absolute atomic E-state index is 0.00972. The Labute approximate surface area is 197 Å². The first kappa shape index (κ1) is 23.2. The second-order valence-corrected chi connectivity index (χ2v) is 8.23. The molecule has 2 N–H and O–H groups in total. The topological polar surface area (TPSA) is 121 Å². The Balaban J connectivity index is 1.56. The van der Waals surface area contributed by atoms with E-state index in [0.717, 1.165) is 6.42 Å². The number of piperazine rings is 1. The van der Waals surface area contributed by atoms with Gasteiger partial charge in [-0.2, -0.15) is 0 Å². The standard InChI is InChI=1S/C24H27N5O5/c1-34-18-8-6-16(7-9-18)24(33)29-13-12-28(23(32)17-4-2-10-25-14-17)15-20(29)22(31)27-19-5-3-11-26-21(19)30/h2,4,6-10,14,19-20H,3,5,11-13,15H2,1H3,(H,26,30)(H,27,31). The van der Waals surface area contributed by atoms with Gasteiger partial charge >= 0.3 is 0 Å². The normalized spacial score (nSPS) is 20.3. The third-order valence-corrected chi connectivity index (χ3v) is 6.08. The fourth-order valence-corrected chi connectivity index (χ4v) is 4.18. The van der Waals surface area contributed by atoms with E-state index < -0.39 is 18.0 Å². The second kappa shape index (κ2) is 10.3. The summed E-state index contributed by atoms with van der Waals surface area (Å²) in [5.74, 6) is -0.692. The lowest BCUT2D eigenvalue weighted by molar-refractivity contribution is -0.133. The molecule has 4 rings (SSSR count). The van der Waals surface area contributed by atoms with Gasteiger partial charge in [-0.05, 0) is 49.2 Å². The fourth-order valence-electron chi connectivity index (χ4n) is 4.18. The number of pyridine rings is 1. The average molecular weight is 466 g/mol. The van der Waals surface area contributed by atoms with Crippen molar-refractivity contribution in [3.8, 4) is 5.75 Å². The van der Waals surface area contributed by atoms with Gasteiger partial charge in [0.1, 0.15) is 17.8 Å². The number of piperidine rings is 1. The molecule has 0 aliphatic carbocycles. The molecule has 3 heterocycles. The average Bonchev–Trinajstić information content (AvgIpc) is 2.89. The number of carbonyl (C=O) groups excluding carboxylic acids is 4. The summed E-state index contributed by atoms with van der Waals surface area (Å²) in [7, 11) is 1.54. The lowest BCUT2D eigenvalue weighted by Gasteiger charge is -2.41. The Hall–Kier alpha value is -3.95. The quantitative estimate of drug-likeness (QED) is 0.662. The van der Waals surface area contributed by atoms with Crippen LogP contribution in [0.4, 0.5) is 0 Å². The number of nitrogens with one attached hydrogen (secondary N) is 2. The largest absolute Gasteiger partial charge is 0.497 e. The number of methoxy groups -OCH3 is 1. The van der Waals surface area contributed by atoms with Gasteiger partial charge in [-0.15, -0.1) is 0 Å². The Morgan fingerprint density at radius 3 is 2.56 bits per heavy atom. The highest BCUT2D eigenvalue weighted by molar-refractivity contribution is 6.00. The summed E-state index contributed by atoms with van der Waals surface area (Å²) in [6.45, 7) is 1.02. The van der Waals surface area contributed by atoms with Crippen LogP contribution in [-0.2, 0) is 9.59 Å². The maximum Gasteiger partial charge on any atom is 0.255 e. The number of hydrogen-bond acceptors (Lipinski definition) is 6. The summed E-state index contributed by atoms with van der Waals surface area (Å²) < 4.78 is 5.15. The third-order valence-electron chi connectivity index (χ3n) is 6.08. The SMILES string of the molecule is COc1ccc(C(=O)N2CCN(C(=O)c3cccnc3)CC2C(=O)NC2CCCNC2=O)cc1. The van der Waals surface area contributed by atoms with Gasteiger partial charge in [0.05, 0.1) is 19.2 Å². The molecule has 2 aromatic rings. The molecule has 1 aromatic heterocycles. The van der Waals surface area contributed by atoms with Crippen molar-refractivity contribution in [2.24, 2.45) is 0 Å². The van der Waals surface area contributed by atoms with Crippen molar-refractivity contribution in [1.29, 1.82) is 0 Å². The van der Waals surface area contributed by atoms with Crippen molar-refractivity contribution >= 4 is 23.6 Å². The zero-order valence-corrected chi connectivity index (χ0v) is 18.9. The number of rotatable bonds is 5. The lowest BCUT2D eigenvalue weighted by Crippen LogP contribution is -2.63. The molecule has 4 amide bonds.